The maximum absolute atomic E-state index is 5.88. The first kappa shape index (κ1) is 13.3. The van der Waals surface area contributed by atoms with E-state index in [1.807, 2.05) is 31.4 Å². The van der Waals surface area contributed by atoms with E-state index in [9.17, 15) is 0 Å². The average Bonchev–Trinajstić information content (AvgIpc) is 2.82. The second kappa shape index (κ2) is 5.02. The van der Waals surface area contributed by atoms with Crippen molar-refractivity contribution >= 4 is 39.4 Å². The van der Waals surface area contributed by atoms with Crippen LogP contribution in [0.15, 0.2) is 27.8 Å². The Morgan fingerprint density at radius 2 is 2.05 bits per heavy atom. The molecule has 3 aromatic rings. The first-order valence-electron chi connectivity index (χ1n) is 5.80. The molecule has 2 heterocycles. The quantitative estimate of drug-likeness (QED) is 0.715. The number of rotatable bonds is 2. The van der Waals surface area contributed by atoms with Crippen LogP contribution in [-0.2, 0) is 0 Å². The Balaban J connectivity index is 2.26. The molecular formula is C12H11BrN6S. The van der Waals surface area contributed by atoms with Crippen LogP contribution in [0.25, 0.3) is 17.2 Å². The van der Waals surface area contributed by atoms with Crippen molar-refractivity contribution in [2.45, 2.75) is 12.1 Å². The van der Waals surface area contributed by atoms with Gasteiger partial charge in [0.15, 0.2) is 11.0 Å². The molecule has 1 aromatic carbocycles. The zero-order chi connectivity index (χ0) is 14.3. The number of nitrogens with two attached hydrogens (primary N) is 1. The number of hydrogen-bond donors (Lipinski definition) is 1. The van der Waals surface area contributed by atoms with Crippen LogP contribution >= 0.6 is 27.7 Å². The van der Waals surface area contributed by atoms with Gasteiger partial charge in [-0.05, 0) is 24.8 Å². The Hall–Kier alpha value is -1.67. The first-order valence-corrected chi connectivity index (χ1v) is 7.81. The molecule has 0 fully saturated rings. The van der Waals surface area contributed by atoms with Gasteiger partial charge in [-0.25, -0.2) is 0 Å². The van der Waals surface area contributed by atoms with Crippen molar-refractivity contribution in [1.29, 1.82) is 0 Å². The third-order valence-corrected chi connectivity index (χ3v) is 4.05. The Labute approximate surface area is 128 Å². The van der Waals surface area contributed by atoms with E-state index in [1.165, 1.54) is 16.3 Å². The smallest absolute Gasteiger partial charge is 0.258 e. The molecule has 0 spiro atoms. The summed E-state index contributed by atoms with van der Waals surface area (Å²) in [7, 11) is 0. The number of hydrogen-bond acceptors (Lipinski definition) is 6. The van der Waals surface area contributed by atoms with Crippen LogP contribution in [0, 0.1) is 6.92 Å². The van der Waals surface area contributed by atoms with Gasteiger partial charge >= 0.3 is 0 Å². The lowest BCUT2D eigenvalue weighted by atomic mass is 10.1. The van der Waals surface area contributed by atoms with Crippen molar-refractivity contribution in [3.05, 3.63) is 28.2 Å². The van der Waals surface area contributed by atoms with E-state index in [2.05, 4.69) is 36.0 Å². The topological polar surface area (TPSA) is 82.0 Å². The fourth-order valence-corrected chi connectivity index (χ4v) is 2.90. The highest BCUT2D eigenvalue weighted by Gasteiger charge is 2.15. The summed E-state index contributed by atoms with van der Waals surface area (Å²) in [5.41, 5.74) is 7.89. The van der Waals surface area contributed by atoms with Gasteiger partial charge in [0.2, 0.25) is 5.95 Å². The van der Waals surface area contributed by atoms with Crippen LogP contribution in [0.1, 0.15) is 5.56 Å². The van der Waals surface area contributed by atoms with Crippen molar-refractivity contribution < 1.29 is 0 Å². The van der Waals surface area contributed by atoms with Crippen molar-refractivity contribution in [1.82, 2.24) is 24.6 Å². The normalized spacial score (nSPS) is 11.2. The molecule has 2 N–H and O–H groups in total. The van der Waals surface area contributed by atoms with Gasteiger partial charge in [0.05, 0.1) is 0 Å². The lowest BCUT2D eigenvalue weighted by Gasteiger charge is -2.03. The summed E-state index contributed by atoms with van der Waals surface area (Å²) in [6.45, 7) is 2.01. The van der Waals surface area contributed by atoms with Gasteiger partial charge in [-0.2, -0.15) is 19.5 Å². The van der Waals surface area contributed by atoms with Crippen LogP contribution in [0.5, 0.6) is 0 Å². The van der Waals surface area contributed by atoms with Gasteiger partial charge in [-0.1, -0.05) is 39.8 Å². The lowest BCUT2D eigenvalue weighted by molar-refractivity contribution is 0.851. The standard InChI is InChI=1S/C12H11BrN6S/c1-6-4-3-5-7(13)8(6)9-15-11-17-12(20-2)16-10(14)19(11)18-9/h3-5H,1-2H3,(H2,14,15,16,17,18). The maximum atomic E-state index is 5.88. The number of benzene rings is 1. The number of halogens is 1. The fraction of sp³-hybridized carbons (Fsp3) is 0.167. The summed E-state index contributed by atoms with van der Waals surface area (Å²) in [6, 6.07) is 5.93. The Morgan fingerprint density at radius 1 is 1.25 bits per heavy atom. The molecule has 0 amide bonds. The molecule has 3 rings (SSSR count). The number of thioether (sulfide) groups is 1. The summed E-state index contributed by atoms with van der Waals surface area (Å²) in [5, 5.41) is 4.98. The van der Waals surface area contributed by atoms with E-state index < -0.39 is 0 Å². The lowest BCUT2D eigenvalue weighted by Crippen LogP contribution is -2.04. The fourth-order valence-electron chi connectivity index (χ4n) is 1.90. The highest BCUT2D eigenvalue weighted by atomic mass is 79.9. The first-order chi connectivity index (χ1) is 9.60. The molecule has 2 aromatic heterocycles. The molecule has 0 bridgehead atoms. The Kier molecular flexibility index (Phi) is 3.35. The van der Waals surface area contributed by atoms with Crippen molar-refractivity contribution in [3.8, 4) is 11.4 Å². The monoisotopic (exact) mass is 350 g/mol. The van der Waals surface area contributed by atoms with Gasteiger partial charge in [0, 0.05) is 10.0 Å². The molecular weight excluding hydrogens is 340 g/mol. The van der Waals surface area contributed by atoms with E-state index in [-0.39, 0.29) is 5.95 Å². The van der Waals surface area contributed by atoms with E-state index >= 15 is 0 Å². The molecule has 0 saturated heterocycles. The minimum atomic E-state index is 0.280. The highest BCUT2D eigenvalue weighted by molar-refractivity contribution is 9.10. The largest absolute Gasteiger partial charge is 0.368 e. The molecule has 20 heavy (non-hydrogen) atoms. The third-order valence-electron chi connectivity index (χ3n) is 2.84. The minimum Gasteiger partial charge on any atom is -0.368 e. The van der Waals surface area contributed by atoms with E-state index in [4.69, 9.17) is 5.73 Å². The SMILES string of the molecule is CSc1nc(N)n2nc(-c3c(C)cccc3Br)nc2n1. The summed E-state index contributed by atoms with van der Waals surface area (Å²) < 4.78 is 2.39. The Bertz CT molecular complexity index is 780. The predicted molar refractivity (Wildman–Crippen MR) is 82.6 cm³/mol. The predicted octanol–water partition coefficient (Wildman–Crippen LogP) is 2.56. The van der Waals surface area contributed by atoms with Gasteiger partial charge < -0.3 is 5.73 Å². The molecule has 102 valence electrons. The van der Waals surface area contributed by atoms with E-state index in [0.717, 1.165) is 15.6 Å². The number of anilines is 1. The second-order valence-corrected chi connectivity index (χ2v) is 5.78. The maximum Gasteiger partial charge on any atom is 0.258 e. The third kappa shape index (κ3) is 2.14. The summed E-state index contributed by atoms with van der Waals surface area (Å²) in [5.74, 6) is 1.31. The molecule has 0 unspecified atom stereocenters. The zero-order valence-electron chi connectivity index (χ0n) is 10.8. The number of nitrogens with zero attached hydrogens (tertiary/aromatic N) is 5. The number of aryl methyl sites for hydroxylation is 1. The zero-order valence-corrected chi connectivity index (χ0v) is 13.2. The van der Waals surface area contributed by atoms with Crippen LogP contribution < -0.4 is 5.73 Å². The molecule has 8 heteroatoms. The van der Waals surface area contributed by atoms with Crippen LogP contribution in [-0.4, -0.2) is 30.8 Å². The van der Waals surface area contributed by atoms with Crippen molar-refractivity contribution in [2.75, 3.05) is 12.0 Å². The molecule has 0 aliphatic heterocycles. The van der Waals surface area contributed by atoms with Crippen LogP contribution in [0.2, 0.25) is 0 Å². The summed E-state index contributed by atoms with van der Waals surface area (Å²) in [4.78, 5) is 12.9. The van der Waals surface area contributed by atoms with Crippen molar-refractivity contribution in [2.24, 2.45) is 0 Å². The Morgan fingerprint density at radius 3 is 2.75 bits per heavy atom. The van der Waals surface area contributed by atoms with Gasteiger partial charge in [0.1, 0.15) is 0 Å². The van der Waals surface area contributed by atoms with Gasteiger partial charge in [-0.3, -0.25) is 0 Å². The van der Waals surface area contributed by atoms with Gasteiger partial charge in [-0.15, -0.1) is 5.10 Å². The molecule has 0 saturated carbocycles. The molecule has 0 aliphatic rings. The van der Waals surface area contributed by atoms with Crippen LogP contribution in [0.3, 0.4) is 0 Å². The second-order valence-electron chi connectivity index (χ2n) is 4.15. The summed E-state index contributed by atoms with van der Waals surface area (Å²) in [6.07, 6.45) is 1.89. The number of nitrogen functional groups attached to an aromatic ring is 1. The minimum absolute atomic E-state index is 0.280. The summed E-state index contributed by atoms with van der Waals surface area (Å²) >= 11 is 4.94. The van der Waals surface area contributed by atoms with Crippen LogP contribution in [0.4, 0.5) is 5.95 Å². The van der Waals surface area contributed by atoms with E-state index in [0.29, 0.717) is 16.8 Å². The van der Waals surface area contributed by atoms with Gasteiger partial charge in [0.25, 0.3) is 5.78 Å². The number of aromatic nitrogens is 5. The molecule has 0 atom stereocenters. The molecule has 6 nitrogen and oxygen atoms in total. The van der Waals surface area contributed by atoms with Crippen molar-refractivity contribution in [3.63, 3.8) is 0 Å². The number of fused-ring (bicyclic) bond motifs is 1. The molecule has 0 radical (unpaired) electrons. The molecule has 0 aliphatic carbocycles. The highest BCUT2D eigenvalue weighted by Crippen LogP contribution is 2.29. The van der Waals surface area contributed by atoms with E-state index in [1.54, 1.807) is 0 Å². The average molecular weight is 351 g/mol.